The molecule has 0 radical (unpaired) electrons. The molecule has 3 nitrogen and oxygen atoms in total. The Morgan fingerprint density at radius 2 is 1.71 bits per heavy atom. The SMILES string of the molecule is CCC(C)(C)C1CCC(CN)C(S(=O)(=O)C2CCCC2)C1. The lowest BCUT2D eigenvalue weighted by molar-refractivity contribution is 0.132. The summed E-state index contributed by atoms with van der Waals surface area (Å²) in [6.07, 6.45) is 7.97. The van der Waals surface area contributed by atoms with Crippen LogP contribution in [-0.4, -0.2) is 25.5 Å². The Kier molecular flexibility index (Phi) is 5.40. The van der Waals surface area contributed by atoms with Crippen molar-refractivity contribution in [3.05, 3.63) is 0 Å². The van der Waals surface area contributed by atoms with Gasteiger partial charge in [-0.2, -0.15) is 0 Å². The van der Waals surface area contributed by atoms with Crippen LogP contribution in [0.25, 0.3) is 0 Å². The molecule has 3 unspecified atom stereocenters. The van der Waals surface area contributed by atoms with Crippen LogP contribution in [0.15, 0.2) is 0 Å². The first-order valence-corrected chi connectivity index (χ1v) is 10.4. The van der Waals surface area contributed by atoms with E-state index in [1.54, 1.807) is 0 Å². The van der Waals surface area contributed by atoms with Gasteiger partial charge in [0.25, 0.3) is 0 Å². The average Bonchev–Trinajstić information content (AvgIpc) is 3.01. The Morgan fingerprint density at radius 1 is 1.10 bits per heavy atom. The van der Waals surface area contributed by atoms with Crippen LogP contribution in [0.4, 0.5) is 0 Å². The number of hydrogen-bond acceptors (Lipinski definition) is 3. The Morgan fingerprint density at radius 3 is 2.24 bits per heavy atom. The van der Waals surface area contributed by atoms with Gasteiger partial charge in [-0.05, 0) is 55.9 Å². The van der Waals surface area contributed by atoms with Gasteiger partial charge >= 0.3 is 0 Å². The molecular formula is C17H33NO2S. The number of sulfone groups is 1. The third-order valence-corrected chi connectivity index (χ3v) is 9.26. The summed E-state index contributed by atoms with van der Waals surface area (Å²) in [6.45, 7) is 7.32. The summed E-state index contributed by atoms with van der Waals surface area (Å²) < 4.78 is 26.1. The van der Waals surface area contributed by atoms with Gasteiger partial charge in [-0.1, -0.05) is 40.0 Å². The molecule has 124 valence electrons. The summed E-state index contributed by atoms with van der Waals surface area (Å²) in [5, 5.41) is -0.268. The van der Waals surface area contributed by atoms with Crippen LogP contribution in [0.3, 0.4) is 0 Å². The van der Waals surface area contributed by atoms with Crippen molar-refractivity contribution in [2.75, 3.05) is 6.54 Å². The lowest BCUT2D eigenvalue weighted by Gasteiger charge is -2.43. The standard InChI is InChI=1S/C17H33NO2S/c1-4-17(2,3)14-10-9-13(12-18)16(11-14)21(19,20)15-7-5-6-8-15/h13-16H,4-12,18H2,1-3H3. The third kappa shape index (κ3) is 3.47. The first-order chi connectivity index (χ1) is 9.82. The molecule has 2 aliphatic carbocycles. The Hall–Kier alpha value is -0.0900. The number of rotatable bonds is 5. The summed E-state index contributed by atoms with van der Waals surface area (Å²) in [5.41, 5.74) is 6.15. The maximum absolute atomic E-state index is 13.1. The normalized spacial score (nSPS) is 32.5. The zero-order chi connectivity index (χ0) is 15.7. The quantitative estimate of drug-likeness (QED) is 0.844. The van der Waals surface area contributed by atoms with Crippen molar-refractivity contribution in [2.45, 2.75) is 82.6 Å². The molecule has 0 bridgehead atoms. The summed E-state index contributed by atoms with van der Waals surface area (Å²) in [6, 6.07) is 0. The van der Waals surface area contributed by atoms with Gasteiger partial charge < -0.3 is 5.73 Å². The highest BCUT2D eigenvalue weighted by Crippen LogP contribution is 2.45. The highest BCUT2D eigenvalue weighted by Gasteiger charge is 2.45. The smallest absolute Gasteiger partial charge is 0.156 e. The monoisotopic (exact) mass is 315 g/mol. The van der Waals surface area contributed by atoms with E-state index in [0.717, 1.165) is 51.4 Å². The van der Waals surface area contributed by atoms with Gasteiger partial charge in [0.2, 0.25) is 0 Å². The van der Waals surface area contributed by atoms with Crippen molar-refractivity contribution in [2.24, 2.45) is 23.0 Å². The van der Waals surface area contributed by atoms with Crippen molar-refractivity contribution in [3.63, 3.8) is 0 Å². The second kappa shape index (κ2) is 6.57. The largest absolute Gasteiger partial charge is 0.330 e. The van der Waals surface area contributed by atoms with Crippen molar-refractivity contribution in [1.29, 1.82) is 0 Å². The van der Waals surface area contributed by atoms with E-state index in [0.29, 0.717) is 12.5 Å². The molecule has 0 aromatic heterocycles. The summed E-state index contributed by atoms with van der Waals surface area (Å²) in [5.74, 6) is 0.700. The minimum atomic E-state index is -3.00. The van der Waals surface area contributed by atoms with Gasteiger partial charge in [0, 0.05) is 0 Å². The summed E-state index contributed by atoms with van der Waals surface area (Å²) in [7, 11) is -3.00. The van der Waals surface area contributed by atoms with E-state index >= 15 is 0 Å². The molecule has 2 N–H and O–H groups in total. The van der Waals surface area contributed by atoms with E-state index in [1.165, 1.54) is 0 Å². The molecule has 0 aliphatic heterocycles. The van der Waals surface area contributed by atoms with Crippen LogP contribution < -0.4 is 5.73 Å². The fourth-order valence-corrected chi connectivity index (χ4v) is 7.10. The first kappa shape index (κ1) is 17.3. The predicted molar refractivity (Wildman–Crippen MR) is 88.9 cm³/mol. The molecule has 4 heteroatoms. The zero-order valence-electron chi connectivity index (χ0n) is 14.0. The maximum atomic E-state index is 13.1. The molecule has 0 spiro atoms. The maximum Gasteiger partial charge on any atom is 0.156 e. The second-order valence-electron chi connectivity index (χ2n) is 7.88. The molecule has 0 saturated heterocycles. The van der Waals surface area contributed by atoms with Crippen LogP contribution in [0.1, 0.15) is 72.1 Å². The van der Waals surface area contributed by atoms with E-state index in [1.807, 2.05) is 0 Å². The van der Waals surface area contributed by atoms with E-state index in [4.69, 9.17) is 5.73 Å². The Bertz CT molecular complexity index is 438. The van der Waals surface area contributed by atoms with Gasteiger partial charge in [-0.15, -0.1) is 0 Å². The lowest BCUT2D eigenvalue weighted by atomic mass is 9.67. The average molecular weight is 316 g/mol. The molecule has 3 atom stereocenters. The molecular weight excluding hydrogens is 282 g/mol. The van der Waals surface area contributed by atoms with Gasteiger partial charge in [0.05, 0.1) is 10.5 Å². The Balaban J connectivity index is 2.20. The van der Waals surface area contributed by atoms with E-state index in [2.05, 4.69) is 20.8 Å². The van der Waals surface area contributed by atoms with Crippen LogP contribution in [0.2, 0.25) is 0 Å². The second-order valence-corrected chi connectivity index (χ2v) is 10.3. The molecule has 0 amide bonds. The van der Waals surface area contributed by atoms with Crippen LogP contribution in [0.5, 0.6) is 0 Å². The third-order valence-electron chi connectivity index (χ3n) is 6.44. The molecule has 2 saturated carbocycles. The lowest BCUT2D eigenvalue weighted by Crippen LogP contribution is -2.45. The minimum absolute atomic E-state index is 0.0833. The zero-order valence-corrected chi connectivity index (χ0v) is 14.8. The molecule has 0 heterocycles. The molecule has 0 aromatic rings. The predicted octanol–water partition coefficient (Wildman–Crippen LogP) is 3.52. The van der Waals surface area contributed by atoms with Gasteiger partial charge in [-0.25, -0.2) is 8.42 Å². The van der Waals surface area contributed by atoms with E-state index in [-0.39, 0.29) is 21.8 Å². The fraction of sp³-hybridized carbons (Fsp3) is 1.00. The minimum Gasteiger partial charge on any atom is -0.330 e. The molecule has 21 heavy (non-hydrogen) atoms. The molecule has 2 rings (SSSR count). The molecule has 2 aliphatic rings. The van der Waals surface area contributed by atoms with Crippen molar-refractivity contribution < 1.29 is 8.42 Å². The first-order valence-electron chi connectivity index (χ1n) is 8.75. The summed E-state index contributed by atoms with van der Waals surface area (Å²) >= 11 is 0. The van der Waals surface area contributed by atoms with E-state index < -0.39 is 9.84 Å². The summed E-state index contributed by atoms with van der Waals surface area (Å²) in [4.78, 5) is 0. The van der Waals surface area contributed by atoms with Crippen LogP contribution in [-0.2, 0) is 9.84 Å². The van der Waals surface area contributed by atoms with Crippen molar-refractivity contribution in [3.8, 4) is 0 Å². The Labute approximate surface area is 131 Å². The number of hydrogen-bond donors (Lipinski definition) is 1. The highest BCUT2D eigenvalue weighted by molar-refractivity contribution is 7.92. The van der Waals surface area contributed by atoms with E-state index in [9.17, 15) is 8.42 Å². The van der Waals surface area contributed by atoms with Gasteiger partial charge in [0.1, 0.15) is 0 Å². The number of nitrogens with two attached hydrogens (primary N) is 1. The fourth-order valence-electron chi connectivity index (χ4n) is 4.33. The van der Waals surface area contributed by atoms with Crippen molar-refractivity contribution in [1.82, 2.24) is 0 Å². The van der Waals surface area contributed by atoms with Gasteiger partial charge in [0.15, 0.2) is 9.84 Å². The van der Waals surface area contributed by atoms with Gasteiger partial charge in [-0.3, -0.25) is 0 Å². The van der Waals surface area contributed by atoms with Crippen LogP contribution in [0, 0.1) is 17.3 Å². The van der Waals surface area contributed by atoms with Crippen molar-refractivity contribution >= 4 is 9.84 Å². The molecule has 0 aromatic carbocycles. The topological polar surface area (TPSA) is 60.2 Å². The highest BCUT2D eigenvalue weighted by atomic mass is 32.2. The molecule has 2 fully saturated rings. The van der Waals surface area contributed by atoms with Crippen LogP contribution >= 0.6 is 0 Å².